The van der Waals surface area contributed by atoms with Gasteiger partial charge in [-0.15, -0.1) is 0 Å². The Hall–Kier alpha value is -6.64. The van der Waals surface area contributed by atoms with Crippen molar-refractivity contribution in [1.29, 1.82) is 0 Å². The van der Waals surface area contributed by atoms with Gasteiger partial charge in [0, 0.05) is 33.8 Å². The van der Waals surface area contributed by atoms with E-state index in [9.17, 15) is 0 Å². The summed E-state index contributed by atoms with van der Waals surface area (Å²) in [7, 11) is 0. The van der Waals surface area contributed by atoms with Crippen molar-refractivity contribution in [3.05, 3.63) is 206 Å². The van der Waals surface area contributed by atoms with E-state index in [1.807, 2.05) is 0 Å². The van der Waals surface area contributed by atoms with Crippen LogP contribution < -0.4 is 9.80 Å². The molecule has 0 saturated heterocycles. The summed E-state index contributed by atoms with van der Waals surface area (Å²) in [5.74, 6) is 0. The molecule has 9 aromatic carbocycles. The Balaban J connectivity index is 1.17. The van der Waals surface area contributed by atoms with E-state index in [-0.39, 0.29) is 0 Å². The molecule has 2 nitrogen and oxygen atoms in total. The Labute approximate surface area is 299 Å². The van der Waals surface area contributed by atoms with E-state index in [1.54, 1.807) is 0 Å². The maximum absolute atomic E-state index is 2.38. The Bertz CT molecular complexity index is 2550. The lowest BCUT2D eigenvalue weighted by Crippen LogP contribution is -2.12. The molecule has 2 heteroatoms. The molecule has 0 aliphatic carbocycles. The first kappa shape index (κ1) is 30.4. The van der Waals surface area contributed by atoms with Crippen molar-refractivity contribution in [2.75, 3.05) is 9.80 Å². The highest BCUT2D eigenvalue weighted by molar-refractivity contribution is 5.99. The van der Waals surface area contributed by atoms with E-state index in [4.69, 9.17) is 0 Å². The van der Waals surface area contributed by atoms with Crippen LogP contribution in [0.2, 0.25) is 0 Å². The summed E-state index contributed by atoms with van der Waals surface area (Å²) in [6.07, 6.45) is 0. The number of hydrogen-bond acceptors (Lipinski definition) is 2. The molecule has 0 bridgehead atoms. The first-order chi connectivity index (χ1) is 25.2. The highest BCUT2D eigenvalue weighted by atomic mass is 15.2. The van der Waals surface area contributed by atoms with Crippen LogP contribution in [-0.4, -0.2) is 0 Å². The van der Waals surface area contributed by atoms with Gasteiger partial charge in [0.15, 0.2) is 0 Å². The van der Waals surface area contributed by atoms with Crippen LogP contribution in [0.5, 0.6) is 0 Å². The molecule has 51 heavy (non-hydrogen) atoms. The molecular weight excluding hydrogens is 617 g/mol. The van der Waals surface area contributed by atoms with E-state index in [0.717, 1.165) is 34.1 Å². The van der Waals surface area contributed by atoms with E-state index in [1.165, 1.54) is 49.0 Å². The number of benzene rings is 9. The fourth-order valence-corrected chi connectivity index (χ4v) is 7.21. The van der Waals surface area contributed by atoms with Crippen LogP contribution in [0.15, 0.2) is 200 Å². The third kappa shape index (κ3) is 5.88. The van der Waals surface area contributed by atoms with Crippen LogP contribution in [0.4, 0.5) is 34.1 Å². The minimum Gasteiger partial charge on any atom is -0.310 e. The van der Waals surface area contributed by atoms with Crippen molar-refractivity contribution < 1.29 is 0 Å². The second kappa shape index (κ2) is 13.0. The van der Waals surface area contributed by atoms with Gasteiger partial charge in [-0.3, -0.25) is 0 Å². The normalized spacial score (nSPS) is 11.2. The smallest absolute Gasteiger partial charge is 0.0540 e. The van der Waals surface area contributed by atoms with Gasteiger partial charge >= 0.3 is 0 Å². The molecule has 0 aliphatic heterocycles. The topological polar surface area (TPSA) is 6.48 Å². The average molecular weight is 653 g/mol. The summed E-state index contributed by atoms with van der Waals surface area (Å²) in [5.41, 5.74) is 10.4. The van der Waals surface area contributed by atoms with Gasteiger partial charge in [-0.2, -0.15) is 0 Å². The van der Waals surface area contributed by atoms with Gasteiger partial charge in [-0.25, -0.2) is 0 Å². The third-order valence-corrected chi connectivity index (χ3v) is 9.87. The molecule has 242 valence electrons. The molecular formula is C49H36N2. The van der Waals surface area contributed by atoms with Crippen molar-refractivity contribution >= 4 is 66.4 Å². The molecule has 0 heterocycles. The van der Waals surface area contributed by atoms with Crippen LogP contribution >= 0.6 is 0 Å². The molecule has 9 rings (SSSR count). The van der Waals surface area contributed by atoms with Crippen molar-refractivity contribution in [3.63, 3.8) is 0 Å². The number of aryl methyl sites for hydroxylation is 1. The van der Waals surface area contributed by atoms with Gasteiger partial charge in [0.25, 0.3) is 0 Å². The standard InChI is InChI=1S/C49H36N2/c1-35-17-19-38(20-18-35)39-21-25-44(26-22-39)51(49-16-8-14-40-11-6-7-15-48(40)49)45-31-29-43(30-32-45)50(46-27-23-36-9-2-4-12-41(36)33-46)47-28-24-37-10-3-5-13-42(37)34-47/h2-34H,1H3. The Kier molecular flexibility index (Phi) is 7.75. The quantitative estimate of drug-likeness (QED) is 0.169. The van der Waals surface area contributed by atoms with Crippen LogP contribution in [-0.2, 0) is 0 Å². The van der Waals surface area contributed by atoms with Crippen LogP contribution in [0.1, 0.15) is 5.56 Å². The van der Waals surface area contributed by atoms with E-state index in [0.29, 0.717) is 0 Å². The zero-order valence-corrected chi connectivity index (χ0v) is 28.4. The molecule has 9 aromatic rings. The summed E-state index contributed by atoms with van der Waals surface area (Å²) in [6.45, 7) is 2.13. The zero-order chi connectivity index (χ0) is 34.1. The fourth-order valence-electron chi connectivity index (χ4n) is 7.21. The number of nitrogens with zero attached hydrogens (tertiary/aromatic N) is 2. The van der Waals surface area contributed by atoms with Gasteiger partial charge in [0.2, 0.25) is 0 Å². The van der Waals surface area contributed by atoms with Crippen molar-refractivity contribution in [3.8, 4) is 11.1 Å². The number of fused-ring (bicyclic) bond motifs is 3. The van der Waals surface area contributed by atoms with Gasteiger partial charge < -0.3 is 9.80 Å². The largest absolute Gasteiger partial charge is 0.310 e. The second-order valence-electron chi connectivity index (χ2n) is 13.2. The van der Waals surface area contributed by atoms with Crippen LogP contribution in [0, 0.1) is 6.92 Å². The molecule has 0 aliphatic rings. The summed E-state index contributed by atoms with van der Waals surface area (Å²) >= 11 is 0. The lowest BCUT2D eigenvalue weighted by molar-refractivity contribution is 1.27. The van der Waals surface area contributed by atoms with Gasteiger partial charge in [-0.1, -0.05) is 139 Å². The summed E-state index contributed by atoms with van der Waals surface area (Å²) in [5, 5.41) is 7.32. The van der Waals surface area contributed by atoms with Gasteiger partial charge in [-0.05, 0) is 112 Å². The van der Waals surface area contributed by atoms with E-state index < -0.39 is 0 Å². The average Bonchev–Trinajstić information content (AvgIpc) is 3.19. The first-order valence-electron chi connectivity index (χ1n) is 17.5. The minimum atomic E-state index is 1.09. The maximum Gasteiger partial charge on any atom is 0.0540 e. The number of anilines is 6. The molecule has 0 fully saturated rings. The summed E-state index contributed by atoms with van der Waals surface area (Å²) in [4.78, 5) is 4.74. The van der Waals surface area contributed by atoms with E-state index in [2.05, 4.69) is 217 Å². The summed E-state index contributed by atoms with van der Waals surface area (Å²) in [6, 6.07) is 72.5. The van der Waals surface area contributed by atoms with Gasteiger partial charge in [0.05, 0.1) is 5.69 Å². The summed E-state index contributed by atoms with van der Waals surface area (Å²) < 4.78 is 0. The maximum atomic E-state index is 2.38. The molecule has 0 spiro atoms. The predicted molar refractivity (Wildman–Crippen MR) is 218 cm³/mol. The Morgan fingerprint density at radius 3 is 1.27 bits per heavy atom. The Morgan fingerprint density at radius 2 is 0.706 bits per heavy atom. The monoisotopic (exact) mass is 652 g/mol. The van der Waals surface area contributed by atoms with Crippen LogP contribution in [0.3, 0.4) is 0 Å². The second-order valence-corrected chi connectivity index (χ2v) is 13.2. The lowest BCUT2D eigenvalue weighted by Gasteiger charge is -2.29. The van der Waals surface area contributed by atoms with Crippen LogP contribution in [0.25, 0.3) is 43.4 Å². The van der Waals surface area contributed by atoms with E-state index >= 15 is 0 Å². The molecule has 0 N–H and O–H groups in total. The lowest BCUT2D eigenvalue weighted by atomic mass is 10.0. The van der Waals surface area contributed by atoms with Gasteiger partial charge in [0.1, 0.15) is 0 Å². The molecule has 0 aromatic heterocycles. The first-order valence-corrected chi connectivity index (χ1v) is 17.5. The zero-order valence-electron chi connectivity index (χ0n) is 28.4. The molecule has 0 radical (unpaired) electrons. The molecule has 0 amide bonds. The SMILES string of the molecule is Cc1ccc(-c2ccc(N(c3ccc(N(c4ccc5ccccc5c4)c4ccc5ccccc5c4)cc3)c3cccc4ccccc34)cc2)cc1. The number of rotatable bonds is 7. The Morgan fingerprint density at radius 1 is 0.294 bits per heavy atom. The fraction of sp³-hybridized carbons (Fsp3) is 0.0204. The minimum absolute atomic E-state index is 1.09. The number of hydrogen-bond donors (Lipinski definition) is 0. The van der Waals surface area contributed by atoms with Crippen molar-refractivity contribution in [1.82, 2.24) is 0 Å². The highest BCUT2D eigenvalue weighted by Crippen LogP contribution is 2.42. The molecule has 0 atom stereocenters. The highest BCUT2D eigenvalue weighted by Gasteiger charge is 2.18. The molecule has 0 saturated carbocycles. The predicted octanol–water partition coefficient (Wildman–Crippen LogP) is 14.1. The molecule has 0 unspecified atom stereocenters. The van der Waals surface area contributed by atoms with Crippen molar-refractivity contribution in [2.45, 2.75) is 6.92 Å². The van der Waals surface area contributed by atoms with Crippen molar-refractivity contribution in [2.24, 2.45) is 0 Å². The third-order valence-electron chi connectivity index (χ3n) is 9.87.